The fraction of sp³-hybridized carbons (Fsp3) is 0.0500. The zero-order valence-electron chi connectivity index (χ0n) is 27.2. The van der Waals surface area contributed by atoms with Crippen molar-refractivity contribution >= 4 is 27.5 Å². The molecular weight excluding hydrogens is 628 g/mol. The van der Waals surface area contributed by atoms with Gasteiger partial charge in [-0.25, -0.2) is 19.9 Å². The largest absolute Gasteiger partial charge is 0.457 e. The number of anilines is 1. The van der Waals surface area contributed by atoms with E-state index in [0.29, 0.717) is 52.2 Å². The van der Waals surface area contributed by atoms with Gasteiger partial charge in [-0.05, 0) is 60.7 Å². The highest BCUT2D eigenvalue weighted by Gasteiger charge is 2.17. The van der Waals surface area contributed by atoms with Gasteiger partial charge in [0.15, 0.2) is 0 Å². The second kappa shape index (κ2) is 13.3. The Kier molecular flexibility index (Phi) is 8.08. The third-order valence-corrected chi connectivity index (χ3v) is 7.85. The first kappa shape index (κ1) is 30.4. The number of ether oxygens (including phenoxy) is 4. The van der Waals surface area contributed by atoms with E-state index in [2.05, 4.69) is 9.97 Å². The first-order valence-electron chi connectivity index (χ1n) is 15.9. The van der Waals surface area contributed by atoms with Crippen LogP contribution in [0.2, 0.25) is 0 Å². The van der Waals surface area contributed by atoms with Gasteiger partial charge in [-0.2, -0.15) is 0 Å². The number of hydrogen-bond acceptors (Lipinski definition) is 9. The van der Waals surface area contributed by atoms with Crippen LogP contribution in [0, 0.1) is 0 Å². The Balaban J connectivity index is 1.15. The molecule has 0 N–H and O–H groups in total. The maximum Gasteiger partial charge on any atom is 0.234 e. The molecule has 8 aromatic rings. The molecule has 0 aliphatic carbocycles. The number of pyridine rings is 2. The maximum atomic E-state index is 6.36. The van der Waals surface area contributed by atoms with Crippen LogP contribution >= 0.6 is 0 Å². The van der Waals surface area contributed by atoms with E-state index < -0.39 is 0 Å². The number of nitrogens with zero attached hydrogens (tertiary/aromatic N) is 6. The number of hydrogen-bond donors (Lipinski definition) is 0. The van der Waals surface area contributed by atoms with Crippen LogP contribution in [-0.4, -0.2) is 38.6 Å². The van der Waals surface area contributed by atoms with Gasteiger partial charge in [-0.1, -0.05) is 24.3 Å². The van der Waals surface area contributed by atoms with Crippen molar-refractivity contribution in [3.63, 3.8) is 0 Å². The zero-order valence-corrected chi connectivity index (χ0v) is 27.2. The Hall–Kier alpha value is -6.94. The fourth-order valence-corrected chi connectivity index (χ4v) is 5.51. The monoisotopic (exact) mass is 658 g/mol. The fourth-order valence-electron chi connectivity index (χ4n) is 5.51. The maximum absolute atomic E-state index is 6.36. The molecule has 8 rings (SSSR count). The van der Waals surface area contributed by atoms with E-state index in [-0.39, 0.29) is 0 Å². The van der Waals surface area contributed by atoms with Crippen LogP contribution in [0.5, 0.6) is 46.3 Å². The summed E-state index contributed by atoms with van der Waals surface area (Å²) in [5.41, 5.74) is 2.64. The highest BCUT2D eigenvalue weighted by Crippen LogP contribution is 2.38. The molecule has 4 aromatic heterocycles. The number of aromatic nitrogens is 5. The summed E-state index contributed by atoms with van der Waals surface area (Å²) in [5, 5.41) is 2.02. The van der Waals surface area contributed by atoms with Crippen molar-refractivity contribution in [3.8, 4) is 52.2 Å². The Morgan fingerprint density at radius 2 is 0.920 bits per heavy atom. The van der Waals surface area contributed by atoms with Crippen LogP contribution in [0.1, 0.15) is 0 Å². The summed E-state index contributed by atoms with van der Waals surface area (Å²) in [7, 11) is 3.91. The quantitative estimate of drug-likeness (QED) is 0.142. The van der Waals surface area contributed by atoms with E-state index in [0.717, 1.165) is 27.5 Å². The molecule has 10 heteroatoms. The molecular formula is C40H30N6O4. The molecule has 0 fully saturated rings. The van der Waals surface area contributed by atoms with Crippen molar-refractivity contribution in [1.29, 1.82) is 0 Å². The van der Waals surface area contributed by atoms with Crippen LogP contribution in [0.25, 0.3) is 27.8 Å². The van der Waals surface area contributed by atoms with E-state index in [9.17, 15) is 0 Å². The summed E-state index contributed by atoms with van der Waals surface area (Å²) in [4.78, 5) is 20.0. The second-order valence-electron chi connectivity index (χ2n) is 11.5. The number of rotatable bonds is 10. The topological polar surface area (TPSA) is 96.7 Å². The van der Waals surface area contributed by atoms with Crippen molar-refractivity contribution in [2.45, 2.75) is 0 Å². The summed E-state index contributed by atoms with van der Waals surface area (Å²) in [6.07, 6.45) is 6.99. The predicted octanol–water partition coefficient (Wildman–Crippen LogP) is 9.60. The van der Waals surface area contributed by atoms with Gasteiger partial charge in [-0.3, -0.25) is 4.57 Å². The minimum atomic E-state index is 0.504. The lowest BCUT2D eigenvalue weighted by atomic mass is 10.1. The summed E-state index contributed by atoms with van der Waals surface area (Å²) in [5.74, 6) is 5.29. The van der Waals surface area contributed by atoms with Gasteiger partial charge in [0.1, 0.15) is 34.5 Å². The lowest BCUT2D eigenvalue weighted by Crippen LogP contribution is -2.10. The third-order valence-electron chi connectivity index (χ3n) is 7.85. The van der Waals surface area contributed by atoms with Gasteiger partial charge in [-0.15, -0.1) is 0 Å². The second-order valence-corrected chi connectivity index (χ2v) is 11.5. The molecule has 0 unspecified atom stereocenters. The molecule has 244 valence electrons. The Morgan fingerprint density at radius 1 is 0.460 bits per heavy atom. The van der Waals surface area contributed by atoms with Crippen molar-refractivity contribution in [3.05, 3.63) is 146 Å². The molecule has 0 bridgehead atoms. The number of benzene rings is 4. The molecule has 0 saturated carbocycles. The highest BCUT2D eigenvalue weighted by molar-refractivity contribution is 6.09. The third kappa shape index (κ3) is 6.45. The van der Waals surface area contributed by atoms with Crippen molar-refractivity contribution in [2.24, 2.45) is 0 Å². The van der Waals surface area contributed by atoms with Crippen LogP contribution in [-0.2, 0) is 0 Å². The molecule has 4 heterocycles. The van der Waals surface area contributed by atoms with E-state index in [1.54, 1.807) is 36.9 Å². The number of fused-ring (bicyclic) bond motifs is 3. The molecule has 0 radical (unpaired) electrons. The van der Waals surface area contributed by atoms with Crippen LogP contribution in [0.4, 0.5) is 5.69 Å². The molecule has 0 atom stereocenters. The van der Waals surface area contributed by atoms with Crippen molar-refractivity contribution in [1.82, 2.24) is 24.5 Å². The van der Waals surface area contributed by atoms with Gasteiger partial charge < -0.3 is 23.8 Å². The Morgan fingerprint density at radius 3 is 1.36 bits per heavy atom. The SMILES string of the molecule is CN(C)c1cnc(-n2c3cc(Oc4cccc(Oc5ccccn5)c4)ccc3c3ccc(Oc4cccc(Oc5ccccn5)c4)cc32)nc1. The highest BCUT2D eigenvalue weighted by atomic mass is 16.5. The first-order valence-corrected chi connectivity index (χ1v) is 15.9. The Labute approximate surface area is 287 Å². The van der Waals surface area contributed by atoms with Gasteiger partial charge >= 0.3 is 0 Å². The normalized spacial score (nSPS) is 11.0. The van der Waals surface area contributed by atoms with Gasteiger partial charge in [0.25, 0.3) is 0 Å². The standard InChI is InChI=1S/C40H30N6O4/c1-45(2)27-25-43-40(44-26-27)46-36-23-32(47-28-9-7-11-30(21-28)49-38-13-3-5-19-41-38)15-17-34(36)35-18-16-33(24-37(35)46)48-29-10-8-12-31(22-29)50-39-14-4-6-20-42-39/h3-26H,1-2H3. The summed E-state index contributed by atoms with van der Waals surface area (Å²) >= 11 is 0. The molecule has 0 saturated heterocycles. The minimum Gasteiger partial charge on any atom is -0.457 e. The summed E-state index contributed by atoms with van der Waals surface area (Å²) in [6, 6.07) is 37.9. The zero-order chi connectivity index (χ0) is 33.9. The molecule has 0 aliphatic heterocycles. The summed E-state index contributed by atoms with van der Waals surface area (Å²) < 4.78 is 26.6. The van der Waals surface area contributed by atoms with Crippen LogP contribution < -0.4 is 23.8 Å². The average molecular weight is 659 g/mol. The average Bonchev–Trinajstić information content (AvgIpc) is 3.45. The minimum absolute atomic E-state index is 0.504. The van der Waals surface area contributed by atoms with E-state index in [1.807, 2.05) is 133 Å². The van der Waals surface area contributed by atoms with Gasteiger partial charge in [0.05, 0.1) is 29.1 Å². The molecule has 0 aliphatic rings. The van der Waals surface area contributed by atoms with Gasteiger partial charge in [0, 0.05) is 73.7 Å². The lowest BCUT2D eigenvalue weighted by Gasteiger charge is -2.13. The smallest absolute Gasteiger partial charge is 0.234 e. The molecule has 0 spiro atoms. The van der Waals surface area contributed by atoms with Gasteiger partial charge in [0.2, 0.25) is 17.7 Å². The Bertz CT molecular complexity index is 2270. The van der Waals surface area contributed by atoms with Crippen LogP contribution in [0.3, 0.4) is 0 Å². The first-order chi connectivity index (χ1) is 24.6. The predicted molar refractivity (Wildman–Crippen MR) is 192 cm³/mol. The van der Waals surface area contributed by atoms with E-state index in [4.69, 9.17) is 28.9 Å². The molecule has 10 nitrogen and oxygen atoms in total. The van der Waals surface area contributed by atoms with Crippen molar-refractivity contribution < 1.29 is 18.9 Å². The van der Waals surface area contributed by atoms with Crippen molar-refractivity contribution in [2.75, 3.05) is 19.0 Å². The molecule has 0 amide bonds. The van der Waals surface area contributed by atoms with E-state index in [1.165, 1.54) is 0 Å². The van der Waals surface area contributed by atoms with Crippen LogP contribution in [0.15, 0.2) is 146 Å². The molecule has 4 aromatic carbocycles. The lowest BCUT2D eigenvalue weighted by molar-refractivity contribution is 0.448. The summed E-state index contributed by atoms with van der Waals surface area (Å²) in [6.45, 7) is 0. The van der Waals surface area contributed by atoms with E-state index >= 15 is 0 Å². The molecule has 50 heavy (non-hydrogen) atoms.